The summed E-state index contributed by atoms with van der Waals surface area (Å²) in [6.07, 6.45) is 0.234. The minimum absolute atomic E-state index is 0.0192. The average molecular weight is 403 g/mol. The van der Waals surface area contributed by atoms with Crippen molar-refractivity contribution in [3.63, 3.8) is 0 Å². The van der Waals surface area contributed by atoms with Crippen LogP contribution in [0.4, 0.5) is 0 Å². The van der Waals surface area contributed by atoms with Crippen molar-refractivity contribution >= 4 is 17.7 Å². The second-order valence-electron chi connectivity index (χ2n) is 6.54. The number of rotatable bonds is 6. The molecule has 1 atom stereocenters. The summed E-state index contributed by atoms with van der Waals surface area (Å²) in [5, 5.41) is 12.5. The molecule has 0 aliphatic carbocycles. The largest absolute Gasteiger partial charge is 0.507 e. The van der Waals surface area contributed by atoms with E-state index in [1.54, 1.807) is 42.5 Å². The normalized spacial score (nSPS) is 11.2. The van der Waals surface area contributed by atoms with Crippen LogP contribution >= 0.6 is 0 Å². The lowest BCUT2D eigenvalue weighted by Gasteiger charge is -2.19. The lowest BCUT2D eigenvalue weighted by atomic mass is 10.0. The topological polar surface area (TPSA) is 108 Å². The maximum Gasteiger partial charge on any atom is 0.273 e. The quantitative estimate of drug-likeness (QED) is 0.473. The van der Waals surface area contributed by atoms with Crippen LogP contribution in [0.3, 0.4) is 0 Å². The highest BCUT2D eigenvalue weighted by Gasteiger charge is 2.23. The van der Waals surface area contributed by atoms with Crippen LogP contribution in [0.15, 0.2) is 84.9 Å². The van der Waals surface area contributed by atoms with Gasteiger partial charge in [0.15, 0.2) is 0 Å². The number of amides is 3. The third kappa shape index (κ3) is 5.45. The van der Waals surface area contributed by atoms with Gasteiger partial charge in [0.1, 0.15) is 11.8 Å². The number of phenols is 1. The molecule has 0 aromatic heterocycles. The zero-order chi connectivity index (χ0) is 21.3. The molecule has 0 fully saturated rings. The summed E-state index contributed by atoms with van der Waals surface area (Å²) >= 11 is 0. The molecule has 0 unspecified atom stereocenters. The lowest BCUT2D eigenvalue weighted by Crippen LogP contribution is -2.53. The predicted octanol–water partition coefficient (Wildman–Crippen LogP) is 2.19. The molecule has 30 heavy (non-hydrogen) atoms. The van der Waals surface area contributed by atoms with E-state index in [9.17, 15) is 19.5 Å². The molecular weight excluding hydrogens is 382 g/mol. The fourth-order valence-corrected chi connectivity index (χ4v) is 2.83. The second kappa shape index (κ2) is 9.88. The summed E-state index contributed by atoms with van der Waals surface area (Å²) in [5.41, 5.74) is 5.87. The Balaban J connectivity index is 1.70. The Bertz CT molecular complexity index is 1020. The van der Waals surface area contributed by atoms with Crippen molar-refractivity contribution in [1.29, 1.82) is 0 Å². The van der Waals surface area contributed by atoms with Crippen molar-refractivity contribution in [1.82, 2.24) is 16.2 Å². The van der Waals surface area contributed by atoms with Crippen LogP contribution in [-0.2, 0) is 11.2 Å². The Hall–Kier alpha value is -4.13. The third-order valence-electron chi connectivity index (χ3n) is 4.39. The van der Waals surface area contributed by atoms with Gasteiger partial charge in [-0.2, -0.15) is 0 Å². The zero-order valence-electron chi connectivity index (χ0n) is 16.0. The van der Waals surface area contributed by atoms with Gasteiger partial charge >= 0.3 is 0 Å². The number of benzene rings is 3. The van der Waals surface area contributed by atoms with E-state index in [-0.39, 0.29) is 17.7 Å². The van der Waals surface area contributed by atoms with Gasteiger partial charge in [-0.3, -0.25) is 25.2 Å². The lowest BCUT2D eigenvalue weighted by molar-refractivity contribution is -0.123. The number of para-hydroxylation sites is 1. The van der Waals surface area contributed by atoms with E-state index in [1.807, 2.05) is 30.3 Å². The summed E-state index contributed by atoms with van der Waals surface area (Å²) in [5.74, 6) is -1.87. The summed E-state index contributed by atoms with van der Waals surface area (Å²) in [4.78, 5) is 37.5. The molecule has 4 N–H and O–H groups in total. The molecule has 0 saturated carbocycles. The van der Waals surface area contributed by atoms with Crippen LogP contribution in [0.2, 0.25) is 0 Å². The number of hydrogen-bond acceptors (Lipinski definition) is 4. The molecule has 0 aliphatic heterocycles. The molecule has 152 valence electrons. The van der Waals surface area contributed by atoms with Gasteiger partial charge in [0.05, 0.1) is 5.56 Å². The van der Waals surface area contributed by atoms with Crippen molar-refractivity contribution in [2.24, 2.45) is 0 Å². The number of carbonyl (C=O) groups excluding carboxylic acids is 3. The first kappa shape index (κ1) is 20.6. The highest BCUT2D eigenvalue weighted by Crippen LogP contribution is 2.14. The predicted molar refractivity (Wildman–Crippen MR) is 112 cm³/mol. The molecular formula is C23H21N3O4. The van der Waals surface area contributed by atoms with E-state index in [0.29, 0.717) is 5.56 Å². The summed E-state index contributed by atoms with van der Waals surface area (Å²) in [7, 11) is 0. The highest BCUT2D eigenvalue weighted by atomic mass is 16.3. The SMILES string of the molecule is O=C(N[C@H](Cc1ccccc1)C(=O)NNC(=O)c1ccccc1O)c1ccccc1. The van der Waals surface area contributed by atoms with Crippen LogP contribution in [-0.4, -0.2) is 28.9 Å². The minimum Gasteiger partial charge on any atom is -0.507 e. The number of nitrogens with one attached hydrogen (secondary N) is 3. The number of aromatic hydroxyl groups is 1. The molecule has 3 aromatic carbocycles. The van der Waals surface area contributed by atoms with Crippen molar-refractivity contribution in [2.75, 3.05) is 0 Å². The first-order chi connectivity index (χ1) is 14.5. The Morgan fingerprint density at radius 1 is 0.733 bits per heavy atom. The van der Waals surface area contributed by atoms with E-state index in [1.165, 1.54) is 12.1 Å². The van der Waals surface area contributed by atoms with Gasteiger partial charge in [-0.1, -0.05) is 60.7 Å². The molecule has 7 nitrogen and oxygen atoms in total. The molecule has 0 radical (unpaired) electrons. The molecule has 3 amide bonds. The zero-order valence-corrected chi connectivity index (χ0v) is 16.0. The van der Waals surface area contributed by atoms with Crippen LogP contribution < -0.4 is 16.2 Å². The van der Waals surface area contributed by atoms with E-state index < -0.39 is 23.8 Å². The van der Waals surface area contributed by atoms with Gasteiger partial charge in [0.25, 0.3) is 17.7 Å². The van der Waals surface area contributed by atoms with Gasteiger partial charge in [0, 0.05) is 12.0 Å². The van der Waals surface area contributed by atoms with Gasteiger partial charge < -0.3 is 10.4 Å². The molecule has 0 bridgehead atoms. The number of carbonyl (C=O) groups is 3. The third-order valence-corrected chi connectivity index (χ3v) is 4.39. The number of hydrazine groups is 1. The average Bonchev–Trinajstić information content (AvgIpc) is 2.78. The number of hydrogen-bond donors (Lipinski definition) is 4. The maximum atomic E-state index is 12.7. The standard InChI is InChI=1S/C23H21N3O4/c27-20-14-8-7-13-18(20)22(29)25-26-23(30)19(15-16-9-3-1-4-10-16)24-21(28)17-11-5-2-6-12-17/h1-14,19,27H,15H2,(H,24,28)(H,25,29)(H,26,30)/t19-/m1/s1. The van der Waals surface area contributed by atoms with Gasteiger partial charge in [-0.15, -0.1) is 0 Å². The molecule has 7 heteroatoms. The van der Waals surface area contributed by atoms with Gasteiger partial charge in [0.2, 0.25) is 0 Å². The molecule has 0 heterocycles. The Kier molecular flexibility index (Phi) is 6.78. The maximum absolute atomic E-state index is 12.7. The van der Waals surface area contributed by atoms with Gasteiger partial charge in [-0.05, 0) is 29.8 Å². The monoisotopic (exact) mass is 403 g/mol. The van der Waals surface area contributed by atoms with E-state index in [4.69, 9.17) is 0 Å². The summed E-state index contributed by atoms with van der Waals surface area (Å²) in [6.45, 7) is 0. The van der Waals surface area contributed by atoms with Crippen LogP contribution in [0.1, 0.15) is 26.3 Å². The number of phenolic OH excluding ortho intramolecular Hbond substituents is 1. The molecule has 0 saturated heterocycles. The van der Waals surface area contributed by atoms with E-state index in [0.717, 1.165) is 5.56 Å². The van der Waals surface area contributed by atoms with Crippen molar-refractivity contribution in [3.05, 3.63) is 102 Å². The Morgan fingerprint density at radius 3 is 2.00 bits per heavy atom. The molecule has 0 aliphatic rings. The smallest absolute Gasteiger partial charge is 0.273 e. The van der Waals surface area contributed by atoms with Crippen molar-refractivity contribution < 1.29 is 19.5 Å². The van der Waals surface area contributed by atoms with Crippen LogP contribution in [0.25, 0.3) is 0 Å². The van der Waals surface area contributed by atoms with E-state index >= 15 is 0 Å². The van der Waals surface area contributed by atoms with Crippen molar-refractivity contribution in [3.8, 4) is 5.75 Å². The first-order valence-electron chi connectivity index (χ1n) is 9.32. The molecule has 3 aromatic rings. The Labute approximate surface area is 173 Å². The molecule has 0 spiro atoms. The van der Waals surface area contributed by atoms with Gasteiger partial charge in [-0.25, -0.2) is 0 Å². The Morgan fingerprint density at radius 2 is 1.33 bits per heavy atom. The summed E-state index contributed by atoms with van der Waals surface area (Å²) in [6, 6.07) is 22.8. The first-order valence-corrected chi connectivity index (χ1v) is 9.32. The van der Waals surface area contributed by atoms with Crippen LogP contribution in [0.5, 0.6) is 5.75 Å². The second-order valence-corrected chi connectivity index (χ2v) is 6.54. The summed E-state index contributed by atoms with van der Waals surface area (Å²) < 4.78 is 0. The van der Waals surface area contributed by atoms with E-state index in [2.05, 4.69) is 16.2 Å². The molecule has 3 rings (SSSR count). The van der Waals surface area contributed by atoms with Crippen LogP contribution in [0, 0.1) is 0 Å². The fourth-order valence-electron chi connectivity index (χ4n) is 2.83. The highest BCUT2D eigenvalue weighted by molar-refractivity contribution is 6.00. The fraction of sp³-hybridized carbons (Fsp3) is 0.0870. The minimum atomic E-state index is -0.926. The van der Waals surface area contributed by atoms with Crippen molar-refractivity contribution in [2.45, 2.75) is 12.5 Å².